The number of anilines is 2. The highest BCUT2D eigenvalue weighted by Crippen LogP contribution is 2.41. The Balaban J connectivity index is 1.27. The van der Waals surface area contributed by atoms with Crippen molar-refractivity contribution in [3.05, 3.63) is 194 Å². The number of fused-ring (bicyclic) bond motifs is 9. The van der Waals surface area contributed by atoms with Gasteiger partial charge in [0.25, 0.3) is 0 Å². The zero-order valence-corrected chi connectivity index (χ0v) is 27.2. The second-order valence-corrected chi connectivity index (χ2v) is 12.6. The molecule has 0 radical (unpaired) electrons. The summed E-state index contributed by atoms with van der Waals surface area (Å²) in [6, 6.07) is 24.1. The monoisotopic (exact) mass is 676 g/mol. The molecule has 1 aliphatic rings. The molecular weight excluding hydrogens is 629 g/mol. The number of aromatic nitrogens is 2. The van der Waals surface area contributed by atoms with Crippen LogP contribution in [0.4, 0.5) is 11.4 Å². The van der Waals surface area contributed by atoms with Crippen LogP contribution in [0.1, 0.15) is 20.6 Å². The second-order valence-electron chi connectivity index (χ2n) is 12.6. The third-order valence-corrected chi connectivity index (χ3v) is 9.85. The van der Waals surface area contributed by atoms with E-state index in [0.717, 1.165) is 32.3 Å². The maximum atomic E-state index is 9.99. The van der Waals surface area contributed by atoms with Crippen LogP contribution in [-0.2, 0) is 0 Å². The van der Waals surface area contributed by atoms with E-state index in [1.54, 1.807) is 12.1 Å². The molecule has 0 bridgehead atoms. The van der Waals surface area contributed by atoms with E-state index in [1.165, 1.54) is 4.57 Å². The van der Waals surface area contributed by atoms with Crippen LogP contribution in [0.2, 0.25) is 0 Å². The highest BCUT2D eigenvalue weighted by molar-refractivity contribution is 6.90. The normalized spacial score (nSPS) is 16.6. The van der Waals surface area contributed by atoms with Crippen molar-refractivity contribution in [1.82, 2.24) is 9.13 Å². The maximum Gasteiger partial charge on any atom is 0.328 e. The quantitative estimate of drug-likeness (QED) is 0.169. The summed E-state index contributed by atoms with van der Waals surface area (Å²) in [5.41, 5.74) is 4.59. The summed E-state index contributed by atoms with van der Waals surface area (Å²) in [4.78, 5) is 2.19. The minimum absolute atomic E-state index is 0.0910. The molecule has 3 nitrogen and oxygen atoms in total. The van der Waals surface area contributed by atoms with E-state index in [-0.39, 0.29) is 50.5 Å². The lowest BCUT2D eigenvalue weighted by Crippen LogP contribution is -2.57. The molecule has 4 heteroatoms. The number of benzene rings is 8. The number of hydrogen-bond acceptors (Lipinski definition) is 1. The van der Waals surface area contributed by atoms with E-state index in [0.29, 0.717) is 11.4 Å². The van der Waals surface area contributed by atoms with Gasteiger partial charge in [-0.1, -0.05) is 139 Å². The van der Waals surface area contributed by atoms with Crippen LogP contribution in [-0.4, -0.2) is 16.0 Å². The Morgan fingerprint density at radius 3 is 1.71 bits per heavy atom. The summed E-state index contributed by atoms with van der Waals surface area (Å²) < 4.78 is 138. The van der Waals surface area contributed by atoms with Gasteiger partial charge in [-0.2, -0.15) is 0 Å². The number of para-hydroxylation sites is 4. The van der Waals surface area contributed by atoms with Crippen LogP contribution < -0.4 is 15.7 Å². The molecular formula is C48H32BN3. The predicted octanol–water partition coefficient (Wildman–Crippen LogP) is 10.8. The minimum atomic E-state index is -0.707. The summed E-state index contributed by atoms with van der Waals surface area (Å²) in [7, 11) is 0. The smallest absolute Gasteiger partial charge is 0.328 e. The first-order valence-electron chi connectivity index (χ1n) is 24.3. The Bertz CT molecular complexity index is 3770. The molecule has 52 heavy (non-hydrogen) atoms. The van der Waals surface area contributed by atoms with Gasteiger partial charge in [-0.3, -0.25) is 0 Å². The molecule has 10 aromatic rings. The molecule has 0 spiro atoms. The summed E-state index contributed by atoms with van der Waals surface area (Å²) in [5.74, 6) is 0. The van der Waals surface area contributed by atoms with Crippen LogP contribution >= 0.6 is 0 Å². The summed E-state index contributed by atoms with van der Waals surface area (Å²) in [5, 5.41) is -0.903. The summed E-state index contributed by atoms with van der Waals surface area (Å²) in [6.07, 6.45) is 0. The Kier molecular flexibility index (Phi) is 3.92. The molecule has 0 atom stereocenters. The Morgan fingerprint density at radius 1 is 0.423 bits per heavy atom. The fraction of sp³-hybridized carbons (Fsp3) is 0. The topological polar surface area (TPSA) is 13.1 Å². The molecule has 0 saturated heterocycles. The van der Waals surface area contributed by atoms with E-state index >= 15 is 0 Å². The van der Waals surface area contributed by atoms with E-state index in [1.807, 2.05) is 60.7 Å². The first-order chi connectivity index (χ1) is 32.1. The highest BCUT2D eigenvalue weighted by Gasteiger charge is 2.36. The van der Waals surface area contributed by atoms with Gasteiger partial charge in [-0.15, -0.1) is 0 Å². The molecule has 2 aromatic heterocycles. The molecule has 0 saturated carbocycles. The van der Waals surface area contributed by atoms with Crippen molar-refractivity contribution in [2.75, 3.05) is 4.81 Å². The molecule has 0 unspecified atom stereocenters. The Hall–Kier alpha value is -6.78. The van der Waals surface area contributed by atoms with Gasteiger partial charge >= 0.3 is 6.85 Å². The van der Waals surface area contributed by atoms with Crippen LogP contribution in [0.15, 0.2) is 194 Å². The number of rotatable bonds is 4. The van der Waals surface area contributed by atoms with Crippen LogP contribution in [0.25, 0.3) is 66.1 Å². The van der Waals surface area contributed by atoms with Gasteiger partial charge in [0.1, 0.15) is 0 Å². The predicted molar refractivity (Wildman–Crippen MR) is 221 cm³/mol. The average Bonchev–Trinajstić information content (AvgIpc) is 3.90. The van der Waals surface area contributed by atoms with Gasteiger partial charge < -0.3 is 13.9 Å². The van der Waals surface area contributed by atoms with Crippen LogP contribution in [0.5, 0.6) is 0 Å². The van der Waals surface area contributed by atoms with Crippen molar-refractivity contribution < 1.29 is 20.6 Å². The largest absolute Gasteiger partial charge is 0.376 e. The van der Waals surface area contributed by atoms with E-state index in [9.17, 15) is 6.85 Å². The molecule has 0 amide bonds. The Morgan fingerprint density at radius 2 is 0.981 bits per heavy atom. The third kappa shape index (κ3) is 4.21. The molecule has 242 valence electrons. The van der Waals surface area contributed by atoms with Crippen molar-refractivity contribution in [2.45, 2.75) is 0 Å². The van der Waals surface area contributed by atoms with Crippen molar-refractivity contribution >= 4 is 72.8 Å². The fourth-order valence-electron chi connectivity index (χ4n) is 7.72. The van der Waals surface area contributed by atoms with Crippen molar-refractivity contribution in [3.63, 3.8) is 0 Å². The number of nitrogens with zero attached hydrogens (tertiary/aromatic N) is 3. The first-order valence-corrected chi connectivity index (χ1v) is 16.8. The maximum absolute atomic E-state index is 9.99. The van der Waals surface area contributed by atoms with E-state index < -0.39 is 96.3 Å². The lowest BCUT2D eigenvalue weighted by atomic mass is 9.46. The second kappa shape index (κ2) is 11.4. The molecule has 3 heterocycles. The van der Waals surface area contributed by atoms with Crippen molar-refractivity contribution in [1.29, 1.82) is 0 Å². The summed E-state index contributed by atoms with van der Waals surface area (Å²) in [6.45, 7) is -0.332. The Labute approximate surface area is 323 Å². The zero-order valence-electron chi connectivity index (χ0n) is 42.2. The van der Waals surface area contributed by atoms with Gasteiger partial charge in [-0.05, 0) is 71.5 Å². The van der Waals surface area contributed by atoms with Gasteiger partial charge in [0, 0.05) is 49.9 Å². The van der Waals surface area contributed by atoms with Crippen LogP contribution in [0.3, 0.4) is 0 Å². The van der Waals surface area contributed by atoms with Crippen molar-refractivity contribution in [2.24, 2.45) is 0 Å². The first kappa shape index (κ1) is 17.9. The minimum Gasteiger partial charge on any atom is -0.376 e. The van der Waals surface area contributed by atoms with Gasteiger partial charge in [0.05, 0.1) is 42.6 Å². The van der Waals surface area contributed by atoms with Gasteiger partial charge in [0.15, 0.2) is 0 Å². The fourth-order valence-corrected chi connectivity index (χ4v) is 7.72. The van der Waals surface area contributed by atoms with Crippen molar-refractivity contribution in [3.8, 4) is 22.5 Å². The van der Waals surface area contributed by atoms with E-state index in [2.05, 4.69) is 35.1 Å². The highest BCUT2D eigenvalue weighted by atomic mass is 15.1. The van der Waals surface area contributed by atoms with Gasteiger partial charge in [0.2, 0.25) is 0 Å². The average molecular weight is 677 g/mol. The number of hydrogen-bond donors (Lipinski definition) is 0. The molecule has 8 aromatic carbocycles. The molecule has 11 rings (SSSR count). The standard InChI is InChI=1S/C48H32BN3/c1-2-15-33(16-3-1)49-43-24-9-4-19-37(43)38-20-8-13-28-48(38)52(49)36-18-14-17-34(31-36)50-46-27-12-7-23-41(46)42-32-35(29-30-47(42)50)51-44-25-10-5-21-39(44)40-22-6-11-26-45(40)51/h1-32H/i5D,6D,7D,10D,11D,12D,21D,22D,23D,25D,26D,27D,29D,30D,32D. The molecule has 0 fully saturated rings. The lowest BCUT2D eigenvalue weighted by molar-refractivity contribution is 1.16. The molecule has 1 aliphatic heterocycles. The SMILES string of the molecule is [2H]c1c([2H])c([2H])c2c(c1[2H])c1c([2H])c(-n3c4c([2H])c([2H])c([2H])c([2H])c4c4c([2H])c([2H])c([2H])c([2H])c43)c([2H])c([2H])c1n2-c1cccc(N2B(c3ccccc3)c3ccccc3-c3ccccc32)c1. The molecule has 0 aliphatic carbocycles. The van der Waals surface area contributed by atoms with Gasteiger partial charge in [-0.25, -0.2) is 0 Å². The lowest BCUT2D eigenvalue weighted by Gasteiger charge is -2.39. The zero-order chi connectivity index (χ0) is 47.2. The summed E-state index contributed by atoms with van der Waals surface area (Å²) >= 11 is 0. The van der Waals surface area contributed by atoms with Crippen LogP contribution in [0, 0.1) is 0 Å². The van der Waals surface area contributed by atoms with E-state index in [4.69, 9.17) is 13.7 Å². The molecule has 0 N–H and O–H groups in total. The third-order valence-electron chi connectivity index (χ3n) is 9.85.